The zero-order chi connectivity index (χ0) is 13.5. The zero-order valence-electron chi connectivity index (χ0n) is 10.7. The average molecular weight is 273 g/mol. The summed E-state index contributed by atoms with van der Waals surface area (Å²) in [6.07, 6.45) is 2.97. The van der Waals surface area contributed by atoms with Crippen LogP contribution in [0, 0.1) is 0 Å². The molecule has 0 heterocycles. The molecule has 1 amide bonds. The molecule has 1 unspecified atom stereocenters. The van der Waals surface area contributed by atoms with E-state index >= 15 is 0 Å². The fourth-order valence-electron chi connectivity index (χ4n) is 1.87. The number of ketones is 1. The second-order valence-electron chi connectivity index (χ2n) is 4.35. The van der Waals surface area contributed by atoms with Crippen molar-refractivity contribution in [3.8, 4) is 0 Å². The molecule has 1 N–H and O–H groups in total. The largest absolute Gasteiger partial charge is 0.467 e. The molecule has 0 aliphatic heterocycles. The van der Waals surface area contributed by atoms with Crippen LogP contribution in [0.4, 0.5) is 0 Å². The minimum Gasteiger partial charge on any atom is -0.467 e. The number of thioether (sulfide) groups is 1. The number of methoxy groups -OCH3 is 1. The van der Waals surface area contributed by atoms with Gasteiger partial charge in [-0.2, -0.15) is 11.8 Å². The van der Waals surface area contributed by atoms with Crippen LogP contribution < -0.4 is 5.32 Å². The van der Waals surface area contributed by atoms with Gasteiger partial charge in [-0.15, -0.1) is 0 Å². The van der Waals surface area contributed by atoms with Crippen LogP contribution in [-0.2, 0) is 19.1 Å². The van der Waals surface area contributed by atoms with Crippen molar-refractivity contribution in [1.29, 1.82) is 0 Å². The molecule has 0 spiro atoms. The van der Waals surface area contributed by atoms with Gasteiger partial charge in [-0.25, -0.2) is 4.79 Å². The van der Waals surface area contributed by atoms with Gasteiger partial charge in [0.05, 0.1) is 7.11 Å². The molecule has 0 bridgehead atoms. The van der Waals surface area contributed by atoms with Crippen LogP contribution >= 0.6 is 11.8 Å². The topological polar surface area (TPSA) is 72.5 Å². The maximum absolute atomic E-state index is 11.5. The molecular weight excluding hydrogens is 254 g/mol. The predicted molar refractivity (Wildman–Crippen MR) is 69.3 cm³/mol. The second kappa shape index (κ2) is 7.41. The number of amides is 1. The third kappa shape index (κ3) is 5.08. The molecule has 6 heteroatoms. The first kappa shape index (κ1) is 15.0. The van der Waals surface area contributed by atoms with E-state index in [1.165, 1.54) is 14.0 Å². The van der Waals surface area contributed by atoms with Crippen LogP contribution in [0.1, 0.15) is 32.6 Å². The number of hydrogen-bond acceptors (Lipinski definition) is 5. The van der Waals surface area contributed by atoms with Crippen molar-refractivity contribution in [3.05, 3.63) is 0 Å². The first-order chi connectivity index (χ1) is 8.52. The van der Waals surface area contributed by atoms with E-state index in [0.29, 0.717) is 29.6 Å². The highest BCUT2D eigenvalue weighted by Gasteiger charge is 2.24. The van der Waals surface area contributed by atoms with Crippen LogP contribution in [0.5, 0.6) is 0 Å². The van der Waals surface area contributed by atoms with Gasteiger partial charge in [0.15, 0.2) is 0 Å². The molecule has 0 aromatic rings. The molecule has 0 aromatic heterocycles. The lowest BCUT2D eigenvalue weighted by atomic mass is 9.99. The summed E-state index contributed by atoms with van der Waals surface area (Å²) in [6.45, 7) is 1.37. The molecule has 0 aromatic carbocycles. The predicted octanol–water partition coefficient (Wildman–Crippen LogP) is 0.909. The lowest BCUT2D eigenvalue weighted by Gasteiger charge is -2.22. The maximum Gasteiger partial charge on any atom is 0.329 e. The molecule has 1 aliphatic rings. The summed E-state index contributed by atoms with van der Waals surface area (Å²) < 4.78 is 4.65. The quantitative estimate of drug-likeness (QED) is 0.754. The Bertz CT molecular complexity index is 322. The van der Waals surface area contributed by atoms with E-state index in [0.717, 1.165) is 12.8 Å². The third-order valence-electron chi connectivity index (χ3n) is 2.85. The zero-order valence-corrected chi connectivity index (χ0v) is 11.5. The monoisotopic (exact) mass is 273 g/mol. The molecule has 1 saturated carbocycles. The molecule has 1 aliphatic carbocycles. The van der Waals surface area contributed by atoms with Crippen molar-refractivity contribution in [1.82, 2.24) is 5.32 Å². The van der Waals surface area contributed by atoms with Crippen LogP contribution in [0.3, 0.4) is 0 Å². The molecule has 102 valence electrons. The van der Waals surface area contributed by atoms with E-state index in [-0.39, 0.29) is 5.91 Å². The molecular formula is C12H19NO4S. The van der Waals surface area contributed by atoms with E-state index < -0.39 is 12.0 Å². The van der Waals surface area contributed by atoms with Gasteiger partial charge in [-0.3, -0.25) is 9.59 Å². The van der Waals surface area contributed by atoms with Crippen molar-refractivity contribution < 1.29 is 19.1 Å². The normalized spacial score (nSPS) is 18.2. The second-order valence-corrected chi connectivity index (χ2v) is 5.68. The molecule has 18 heavy (non-hydrogen) atoms. The number of Topliss-reactive ketones (excluding diaryl/α,β-unsaturated/α-hetero) is 1. The van der Waals surface area contributed by atoms with Crippen LogP contribution in [0.15, 0.2) is 0 Å². The average Bonchev–Trinajstić information content (AvgIpc) is 2.35. The minimum absolute atomic E-state index is 0.246. The summed E-state index contributed by atoms with van der Waals surface area (Å²) in [4.78, 5) is 33.6. The van der Waals surface area contributed by atoms with Crippen LogP contribution in [-0.4, -0.2) is 41.8 Å². The summed E-state index contributed by atoms with van der Waals surface area (Å²) in [7, 11) is 1.31. The number of carbonyl (C=O) groups excluding carboxylic acids is 3. The maximum atomic E-state index is 11.5. The van der Waals surface area contributed by atoms with Gasteiger partial charge in [0.2, 0.25) is 5.91 Å². The summed E-state index contributed by atoms with van der Waals surface area (Å²) in [5, 5.41) is 2.97. The standard InChI is InChI=1S/C12H19NO4S/c1-8(14)13-11(12(16)17-2)7-18-10-5-3-9(15)4-6-10/h10-11H,3-7H2,1-2H3,(H,13,14). The Morgan fingerprint density at radius 3 is 2.56 bits per heavy atom. The van der Waals surface area contributed by atoms with Gasteiger partial charge >= 0.3 is 5.97 Å². The summed E-state index contributed by atoms with van der Waals surface area (Å²) in [6, 6.07) is -0.602. The Labute approximate surface area is 111 Å². The highest BCUT2D eigenvalue weighted by atomic mass is 32.2. The number of rotatable bonds is 5. The fraction of sp³-hybridized carbons (Fsp3) is 0.750. The summed E-state index contributed by atoms with van der Waals surface area (Å²) in [5.74, 6) is 0.137. The Kier molecular flexibility index (Phi) is 6.18. The Morgan fingerprint density at radius 2 is 2.06 bits per heavy atom. The molecule has 0 radical (unpaired) electrons. The lowest BCUT2D eigenvalue weighted by molar-refractivity contribution is -0.144. The first-order valence-corrected chi connectivity index (χ1v) is 7.06. The number of ether oxygens (including phenoxy) is 1. The molecule has 0 saturated heterocycles. The van der Waals surface area contributed by atoms with Gasteiger partial charge in [0, 0.05) is 30.8 Å². The summed E-state index contributed by atoms with van der Waals surface area (Å²) in [5.41, 5.74) is 0. The highest BCUT2D eigenvalue weighted by molar-refractivity contribution is 8.00. The molecule has 1 fully saturated rings. The van der Waals surface area contributed by atoms with Crippen molar-refractivity contribution in [2.45, 2.75) is 43.9 Å². The third-order valence-corrected chi connectivity index (χ3v) is 4.32. The smallest absolute Gasteiger partial charge is 0.329 e. The van der Waals surface area contributed by atoms with Gasteiger partial charge < -0.3 is 10.1 Å². The Balaban J connectivity index is 2.39. The van der Waals surface area contributed by atoms with Crippen molar-refractivity contribution in [3.63, 3.8) is 0 Å². The van der Waals surface area contributed by atoms with Gasteiger partial charge in [0.1, 0.15) is 11.8 Å². The number of carbonyl (C=O) groups is 3. The lowest BCUT2D eigenvalue weighted by Crippen LogP contribution is -2.42. The SMILES string of the molecule is COC(=O)C(CSC1CCC(=O)CC1)NC(C)=O. The highest BCUT2D eigenvalue weighted by Crippen LogP contribution is 2.27. The molecule has 5 nitrogen and oxygen atoms in total. The fourth-order valence-corrected chi connectivity index (χ4v) is 3.12. The number of hydrogen-bond donors (Lipinski definition) is 1. The van der Waals surface area contributed by atoms with Gasteiger partial charge in [0.25, 0.3) is 0 Å². The van der Waals surface area contributed by atoms with Crippen LogP contribution in [0.25, 0.3) is 0 Å². The van der Waals surface area contributed by atoms with Gasteiger partial charge in [-0.05, 0) is 12.8 Å². The summed E-state index contributed by atoms with van der Waals surface area (Å²) >= 11 is 1.63. The minimum atomic E-state index is -0.602. The van der Waals surface area contributed by atoms with Crippen molar-refractivity contribution >= 4 is 29.4 Å². The van der Waals surface area contributed by atoms with Crippen LogP contribution in [0.2, 0.25) is 0 Å². The van der Waals surface area contributed by atoms with E-state index in [1.807, 2.05) is 0 Å². The Hall–Kier alpha value is -1.04. The van der Waals surface area contributed by atoms with E-state index in [1.54, 1.807) is 11.8 Å². The molecule has 1 atom stereocenters. The molecule has 1 rings (SSSR count). The van der Waals surface area contributed by atoms with Gasteiger partial charge in [-0.1, -0.05) is 0 Å². The van der Waals surface area contributed by atoms with Crippen molar-refractivity contribution in [2.24, 2.45) is 0 Å². The van der Waals surface area contributed by atoms with E-state index in [9.17, 15) is 14.4 Å². The van der Waals surface area contributed by atoms with E-state index in [4.69, 9.17) is 0 Å². The van der Waals surface area contributed by atoms with Crippen molar-refractivity contribution in [2.75, 3.05) is 12.9 Å². The van der Waals surface area contributed by atoms with E-state index in [2.05, 4.69) is 10.1 Å². The Morgan fingerprint density at radius 1 is 1.44 bits per heavy atom. The number of nitrogens with one attached hydrogen (secondary N) is 1. The first-order valence-electron chi connectivity index (χ1n) is 6.01. The number of esters is 1.